The van der Waals surface area contributed by atoms with E-state index >= 15 is 0 Å². The number of thiazole rings is 1. The molecule has 2 aliphatic heterocycles. The molecule has 3 aromatic rings. The van der Waals surface area contributed by atoms with Crippen LogP contribution >= 0.6 is 11.3 Å². The van der Waals surface area contributed by atoms with Crippen molar-refractivity contribution in [3.05, 3.63) is 53.6 Å². The minimum Gasteiger partial charge on any atom is -0.345 e. The van der Waals surface area contributed by atoms with Crippen molar-refractivity contribution in [2.45, 2.75) is 37.5 Å². The van der Waals surface area contributed by atoms with E-state index in [0.717, 1.165) is 49.4 Å². The molecule has 180 valence electrons. The fraction of sp³-hybridized carbons (Fsp3) is 0.440. The Morgan fingerprint density at radius 3 is 2.32 bits per heavy atom. The van der Waals surface area contributed by atoms with Crippen molar-refractivity contribution in [3.8, 4) is 0 Å². The van der Waals surface area contributed by atoms with Gasteiger partial charge in [-0.3, -0.25) is 4.79 Å². The van der Waals surface area contributed by atoms with Gasteiger partial charge < -0.3 is 9.80 Å². The second-order valence-electron chi connectivity index (χ2n) is 8.88. The molecule has 0 bridgehead atoms. The van der Waals surface area contributed by atoms with E-state index in [1.807, 2.05) is 4.90 Å². The van der Waals surface area contributed by atoms with Crippen LogP contribution in [0, 0.1) is 0 Å². The lowest BCUT2D eigenvalue weighted by molar-refractivity contribution is 0.0746. The van der Waals surface area contributed by atoms with E-state index in [-0.39, 0.29) is 10.8 Å². The number of rotatable bonds is 5. The summed E-state index contributed by atoms with van der Waals surface area (Å²) in [5, 5.41) is 1.01. The van der Waals surface area contributed by atoms with Crippen molar-refractivity contribution in [1.29, 1.82) is 0 Å². The van der Waals surface area contributed by atoms with Gasteiger partial charge in [-0.2, -0.15) is 4.31 Å². The number of piperidine rings is 1. The van der Waals surface area contributed by atoms with Crippen molar-refractivity contribution in [1.82, 2.24) is 14.2 Å². The van der Waals surface area contributed by atoms with Crippen LogP contribution in [0.5, 0.6) is 0 Å². The minimum absolute atomic E-state index is 0.0564. The number of anilines is 1. The first kappa shape index (κ1) is 23.3. The quantitative estimate of drug-likeness (QED) is 0.532. The number of carbonyl (C=O) groups is 1. The van der Waals surface area contributed by atoms with Crippen LogP contribution in [0.1, 0.15) is 42.1 Å². The van der Waals surface area contributed by atoms with Crippen LogP contribution < -0.4 is 4.90 Å². The van der Waals surface area contributed by atoms with Crippen LogP contribution in [0.4, 0.5) is 5.13 Å². The normalized spacial score (nSPS) is 17.9. The maximum atomic E-state index is 13.1. The molecule has 0 atom stereocenters. The van der Waals surface area contributed by atoms with Crippen LogP contribution in [-0.2, 0) is 16.4 Å². The second-order valence-corrected chi connectivity index (χ2v) is 11.8. The number of hydrogen-bond donors (Lipinski definition) is 0. The van der Waals surface area contributed by atoms with Gasteiger partial charge in [-0.1, -0.05) is 36.8 Å². The van der Waals surface area contributed by atoms with Gasteiger partial charge in [0.2, 0.25) is 10.0 Å². The summed E-state index contributed by atoms with van der Waals surface area (Å²) in [5.74, 6) is -0.0564. The predicted octanol–water partition coefficient (Wildman–Crippen LogP) is 4.00. The summed E-state index contributed by atoms with van der Waals surface area (Å²) in [5.41, 5.74) is 2.88. The Balaban J connectivity index is 1.23. The molecule has 2 saturated heterocycles. The van der Waals surface area contributed by atoms with E-state index in [2.05, 4.69) is 30.0 Å². The molecule has 5 rings (SSSR count). The van der Waals surface area contributed by atoms with Crippen molar-refractivity contribution in [2.24, 2.45) is 0 Å². The summed E-state index contributed by atoms with van der Waals surface area (Å²) in [4.78, 5) is 22.3. The molecule has 0 unspecified atom stereocenters. The molecule has 7 nitrogen and oxygen atoms in total. The lowest BCUT2D eigenvalue weighted by Gasteiger charge is -2.34. The van der Waals surface area contributed by atoms with Gasteiger partial charge >= 0.3 is 0 Å². The summed E-state index contributed by atoms with van der Waals surface area (Å²) in [6.45, 7) is 5.98. The molecule has 2 fully saturated rings. The molecular formula is C25H30N4O3S2. The van der Waals surface area contributed by atoms with Crippen LogP contribution in [0.2, 0.25) is 0 Å². The molecule has 2 aliphatic rings. The summed E-state index contributed by atoms with van der Waals surface area (Å²) < 4.78 is 28.5. The Labute approximate surface area is 205 Å². The number of nitrogens with zero attached hydrogens (tertiary/aromatic N) is 4. The fourth-order valence-electron chi connectivity index (χ4n) is 4.72. The Bertz CT molecular complexity index is 1270. The zero-order valence-corrected chi connectivity index (χ0v) is 21.1. The van der Waals surface area contributed by atoms with Gasteiger partial charge in [0.05, 0.1) is 15.1 Å². The second kappa shape index (κ2) is 9.64. The molecule has 0 radical (unpaired) electrons. The van der Waals surface area contributed by atoms with E-state index < -0.39 is 10.0 Å². The van der Waals surface area contributed by atoms with E-state index in [9.17, 15) is 13.2 Å². The van der Waals surface area contributed by atoms with E-state index in [4.69, 9.17) is 4.98 Å². The number of para-hydroxylation sites is 1. The number of fused-ring (bicyclic) bond motifs is 1. The number of amides is 1. The van der Waals surface area contributed by atoms with Gasteiger partial charge in [0, 0.05) is 44.8 Å². The van der Waals surface area contributed by atoms with Gasteiger partial charge in [-0.05, 0) is 55.2 Å². The van der Waals surface area contributed by atoms with Gasteiger partial charge in [0.15, 0.2) is 5.13 Å². The monoisotopic (exact) mass is 498 g/mol. The molecule has 0 spiro atoms. The topological polar surface area (TPSA) is 73.8 Å². The molecule has 34 heavy (non-hydrogen) atoms. The number of sulfonamides is 1. The molecular weight excluding hydrogens is 468 g/mol. The number of benzene rings is 2. The lowest BCUT2D eigenvalue weighted by atomic mass is 10.1. The first-order valence-electron chi connectivity index (χ1n) is 12.0. The first-order chi connectivity index (χ1) is 16.5. The number of aryl methyl sites for hydroxylation is 1. The van der Waals surface area contributed by atoms with Gasteiger partial charge in [-0.25, -0.2) is 13.4 Å². The largest absolute Gasteiger partial charge is 0.345 e. The van der Waals surface area contributed by atoms with Crippen molar-refractivity contribution < 1.29 is 13.2 Å². The molecule has 0 N–H and O–H groups in total. The highest BCUT2D eigenvalue weighted by Gasteiger charge is 2.27. The molecule has 1 amide bonds. The Hall–Kier alpha value is -2.49. The summed E-state index contributed by atoms with van der Waals surface area (Å²) in [7, 11) is -3.49. The van der Waals surface area contributed by atoms with Crippen LogP contribution in [0.25, 0.3) is 10.2 Å². The van der Waals surface area contributed by atoms with E-state index in [1.165, 1.54) is 10.3 Å². The summed E-state index contributed by atoms with van der Waals surface area (Å²) >= 11 is 1.71. The molecule has 3 heterocycles. The van der Waals surface area contributed by atoms with Crippen LogP contribution in [0.15, 0.2) is 47.4 Å². The SMILES string of the molecule is CCc1cccc2sc(N3CCN(C(=O)c4ccc(S(=O)(=O)N5CCCCC5)cc4)CC3)nc12. The zero-order valence-electron chi connectivity index (χ0n) is 19.4. The molecule has 0 saturated carbocycles. The van der Waals surface area contributed by atoms with Crippen molar-refractivity contribution in [3.63, 3.8) is 0 Å². The molecule has 2 aromatic carbocycles. The summed E-state index contributed by atoms with van der Waals surface area (Å²) in [6, 6.07) is 12.8. The first-order valence-corrected chi connectivity index (χ1v) is 14.3. The highest BCUT2D eigenvalue weighted by atomic mass is 32.2. The average Bonchev–Trinajstić information content (AvgIpc) is 3.33. The highest BCUT2D eigenvalue weighted by molar-refractivity contribution is 7.89. The van der Waals surface area contributed by atoms with Gasteiger partial charge in [-0.15, -0.1) is 0 Å². The fourth-order valence-corrected chi connectivity index (χ4v) is 7.30. The zero-order chi connectivity index (χ0) is 23.7. The number of carbonyl (C=O) groups excluding carboxylic acids is 1. The number of hydrogen-bond acceptors (Lipinski definition) is 6. The van der Waals surface area contributed by atoms with E-state index in [1.54, 1.807) is 39.9 Å². The number of piperazine rings is 1. The predicted molar refractivity (Wildman–Crippen MR) is 136 cm³/mol. The van der Waals surface area contributed by atoms with Gasteiger partial charge in [0.1, 0.15) is 0 Å². The Kier molecular flexibility index (Phi) is 6.59. The van der Waals surface area contributed by atoms with Crippen LogP contribution in [0.3, 0.4) is 0 Å². The van der Waals surface area contributed by atoms with Gasteiger partial charge in [0.25, 0.3) is 5.91 Å². The van der Waals surface area contributed by atoms with Crippen molar-refractivity contribution in [2.75, 3.05) is 44.2 Å². The summed E-state index contributed by atoms with van der Waals surface area (Å²) in [6.07, 6.45) is 3.84. The third kappa shape index (κ3) is 4.44. The third-order valence-electron chi connectivity index (χ3n) is 6.76. The molecule has 9 heteroatoms. The number of aromatic nitrogens is 1. The lowest BCUT2D eigenvalue weighted by Crippen LogP contribution is -2.48. The van der Waals surface area contributed by atoms with E-state index in [0.29, 0.717) is 31.7 Å². The van der Waals surface area contributed by atoms with Crippen molar-refractivity contribution >= 4 is 42.6 Å². The molecule has 0 aliphatic carbocycles. The average molecular weight is 499 g/mol. The Morgan fingerprint density at radius 1 is 0.941 bits per heavy atom. The smallest absolute Gasteiger partial charge is 0.253 e. The van der Waals surface area contributed by atoms with Crippen LogP contribution in [-0.4, -0.2) is 67.8 Å². The maximum Gasteiger partial charge on any atom is 0.253 e. The maximum absolute atomic E-state index is 13.1. The highest BCUT2D eigenvalue weighted by Crippen LogP contribution is 2.31. The minimum atomic E-state index is -3.49. The standard InChI is InChI=1S/C25H30N4O3S2/c1-2-19-7-6-8-22-23(19)26-25(33-22)28-17-15-27(16-18-28)24(30)20-9-11-21(12-10-20)34(31,32)29-13-4-3-5-14-29/h6-12H,2-5,13-18H2,1H3. The molecule has 1 aromatic heterocycles. The third-order valence-corrected chi connectivity index (χ3v) is 9.76. The Morgan fingerprint density at radius 2 is 1.65 bits per heavy atom.